The van der Waals surface area contributed by atoms with Gasteiger partial charge in [-0.05, 0) is 68.7 Å². The Morgan fingerprint density at radius 3 is 2.53 bits per heavy atom. The van der Waals surface area contributed by atoms with Crippen LogP contribution in [0.3, 0.4) is 0 Å². The Morgan fingerprint density at radius 1 is 1.15 bits per heavy atom. The summed E-state index contributed by atoms with van der Waals surface area (Å²) in [5.74, 6) is -0.184. The number of nitrogens with zero attached hydrogens (tertiary/aromatic N) is 3. The minimum atomic E-state index is -0.549. The molecule has 0 saturated carbocycles. The van der Waals surface area contributed by atoms with E-state index in [4.69, 9.17) is 33.7 Å². The number of hydrogen-bond acceptors (Lipinski definition) is 5. The van der Waals surface area contributed by atoms with Crippen molar-refractivity contribution in [1.82, 2.24) is 20.2 Å². The number of carbonyl (C=O) groups excluding carboxylic acids is 2. The van der Waals surface area contributed by atoms with Crippen molar-refractivity contribution in [3.8, 4) is 22.7 Å². The van der Waals surface area contributed by atoms with E-state index in [-0.39, 0.29) is 5.69 Å². The van der Waals surface area contributed by atoms with Crippen LogP contribution in [0.5, 0.6) is 5.75 Å². The van der Waals surface area contributed by atoms with Gasteiger partial charge in [-0.1, -0.05) is 23.2 Å². The quantitative estimate of drug-likeness (QED) is 0.528. The average molecular weight is 502 g/mol. The van der Waals surface area contributed by atoms with E-state index in [1.165, 1.54) is 0 Å². The topological polar surface area (TPSA) is 102 Å². The van der Waals surface area contributed by atoms with Crippen molar-refractivity contribution in [2.24, 2.45) is 5.73 Å². The molecule has 1 saturated heterocycles. The summed E-state index contributed by atoms with van der Waals surface area (Å²) >= 11 is 12.6. The Morgan fingerprint density at radius 2 is 1.88 bits per heavy atom. The van der Waals surface area contributed by atoms with E-state index in [1.54, 1.807) is 35.0 Å². The number of benzene rings is 2. The lowest BCUT2D eigenvalue weighted by molar-refractivity contribution is -0.125. The van der Waals surface area contributed by atoms with Crippen molar-refractivity contribution in [3.63, 3.8) is 0 Å². The predicted molar refractivity (Wildman–Crippen MR) is 131 cm³/mol. The maximum Gasteiger partial charge on any atom is 0.286 e. The molecular formula is C24H25Cl2N5O3. The molecule has 2 heterocycles. The van der Waals surface area contributed by atoms with Gasteiger partial charge in [-0.2, -0.15) is 5.10 Å². The number of methoxy groups -OCH3 is 1. The fraction of sp³-hybridized carbons (Fsp3) is 0.292. The molecular weight excluding hydrogens is 477 g/mol. The molecule has 4 rings (SSSR count). The van der Waals surface area contributed by atoms with Gasteiger partial charge in [0.15, 0.2) is 5.69 Å². The Balaban J connectivity index is 1.78. The number of amides is 2. The number of aromatic nitrogens is 2. The van der Waals surface area contributed by atoms with Crippen LogP contribution in [0, 0.1) is 6.92 Å². The number of hydrazine groups is 1. The SMILES string of the molecule is COc1ccc(-c2c(C)c(C(=O)NN3CCCCC3C(N)=O)nn2-c2ccc(Cl)cc2Cl)cc1. The number of nitrogens with one attached hydrogen (secondary N) is 1. The Bertz CT molecular complexity index is 1230. The van der Waals surface area contributed by atoms with E-state index in [1.807, 2.05) is 31.2 Å². The average Bonchev–Trinajstić information content (AvgIpc) is 3.16. The molecule has 0 bridgehead atoms. The van der Waals surface area contributed by atoms with E-state index in [2.05, 4.69) is 10.5 Å². The molecule has 3 aromatic rings. The van der Waals surface area contributed by atoms with Gasteiger partial charge in [0.2, 0.25) is 5.91 Å². The lowest BCUT2D eigenvalue weighted by Gasteiger charge is -2.33. The predicted octanol–water partition coefficient (Wildman–Crippen LogP) is 4.15. The maximum absolute atomic E-state index is 13.3. The van der Waals surface area contributed by atoms with Gasteiger partial charge in [0.25, 0.3) is 5.91 Å². The van der Waals surface area contributed by atoms with Gasteiger partial charge in [-0.3, -0.25) is 15.0 Å². The first kappa shape index (κ1) is 24.1. The molecule has 10 heteroatoms. The zero-order valence-corrected chi connectivity index (χ0v) is 20.4. The largest absolute Gasteiger partial charge is 0.497 e. The van der Waals surface area contributed by atoms with Crippen molar-refractivity contribution in [1.29, 1.82) is 0 Å². The van der Waals surface area contributed by atoms with Crippen LogP contribution in [0.1, 0.15) is 35.3 Å². The molecule has 1 atom stereocenters. The first-order chi connectivity index (χ1) is 16.3. The van der Waals surface area contributed by atoms with Crippen LogP contribution in [-0.4, -0.2) is 46.3 Å². The van der Waals surface area contributed by atoms with Crippen LogP contribution < -0.4 is 15.9 Å². The smallest absolute Gasteiger partial charge is 0.286 e. The Labute approximate surface area is 207 Å². The standard InChI is InChI=1S/C24H25Cl2N5O3/c1-14-21(24(33)29-30-12-4-3-5-20(30)23(27)32)28-31(19-11-8-16(25)13-18(19)26)22(14)15-6-9-17(34-2)10-7-15/h6-11,13,20H,3-5,12H2,1-2H3,(H2,27,32)(H,29,33). The molecule has 0 aliphatic carbocycles. The summed E-state index contributed by atoms with van der Waals surface area (Å²) in [5.41, 5.74) is 11.3. The highest BCUT2D eigenvalue weighted by Crippen LogP contribution is 2.33. The number of piperidine rings is 1. The van der Waals surface area contributed by atoms with Gasteiger partial charge in [0, 0.05) is 22.7 Å². The van der Waals surface area contributed by atoms with Gasteiger partial charge in [0.1, 0.15) is 11.8 Å². The third-order valence-electron chi connectivity index (χ3n) is 5.92. The third-order valence-corrected chi connectivity index (χ3v) is 6.45. The Kier molecular flexibility index (Phi) is 7.11. The van der Waals surface area contributed by atoms with Crippen molar-refractivity contribution in [2.75, 3.05) is 13.7 Å². The van der Waals surface area contributed by atoms with Crippen molar-refractivity contribution < 1.29 is 14.3 Å². The van der Waals surface area contributed by atoms with Gasteiger partial charge in [0.05, 0.1) is 23.5 Å². The highest BCUT2D eigenvalue weighted by atomic mass is 35.5. The minimum absolute atomic E-state index is 0.214. The molecule has 34 heavy (non-hydrogen) atoms. The molecule has 0 spiro atoms. The van der Waals surface area contributed by atoms with E-state index in [0.717, 1.165) is 18.4 Å². The minimum Gasteiger partial charge on any atom is -0.497 e. The van der Waals surface area contributed by atoms with Crippen LogP contribution >= 0.6 is 23.2 Å². The van der Waals surface area contributed by atoms with Crippen LogP contribution in [-0.2, 0) is 4.79 Å². The van der Waals surface area contributed by atoms with Gasteiger partial charge in [-0.25, -0.2) is 9.69 Å². The molecule has 1 aliphatic rings. The van der Waals surface area contributed by atoms with Crippen LogP contribution in [0.2, 0.25) is 10.0 Å². The van der Waals surface area contributed by atoms with E-state index in [9.17, 15) is 9.59 Å². The molecule has 178 valence electrons. The van der Waals surface area contributed by atoms with Crippen LogP contribution in [0.4, 0.5) is 0 Å². The first-order valence-electron chi connectivity index (χ1n) is 10.9. The lowest BCUT2D eigenvalue weighted by Crippen LogP contribution is -2.55. The normalized spacial score (nSPS) is 16.3. The summed E-state index contributed by atoms with van der Waals surface area (Å²) in [4.78, 5) is 25.2. The fourth-order valence-corrected chi connectivity index (χ4v) is 4.66. The highest BCUT2D eigenvalue weighted by Gasteiger charge is 2.30. The van der Waals surface area contributed by atoms with E-state index in [0.29, 0.717) is 45.7 Å². The van der Waals surface area contributed by atoms with Crippen LogP contribution in [0.15, 0.2) is 42.5 Å². The van der Waals surface area contributed by atoms with Gasteiger partial charge >= 0.3 is 0 Å². The molecule has 1 aromatic heterocycles. The number of rotatable bonds is 6. The molecule has 2 amide bonds. The second kappa shape index (κ2) is 10.0. The number of ether oxygens (including phenoxy) is 1. The number of hydrogen-bond donors (Lipinski definition) is 2. The number of primary amides is 1. The maximum atomic E-state index is 13.3. The fourth-order valence-electron chi connectivity index (χ4n) is 4.17. The summed E-state index contributed by atoms with van der Waals surface area (Å²) in [6.45, 7) is 2.36. The summed E-state index contributed by atoms with van der Waals surface area (Å²) in [5, 5.41) is 7.11. The van der Waals surface area contributed by atoms with Crippen molar-refractivity contribution in [2.45, 2.75) is 32.2 Å². The summed E-state index contributed by atoms with van der Waals surface area (Å²) in [6.07, 6.45) is 2.33. The number of carbonyl (C=O) groups is 2. The van der Waals surface area contributed by atoms with E-state index < -0.39 is 17.9 Å². The molecule has 2 aromatic carbocycles. The zero-order valence-electron chi connectivity index (χ0n) is 18.8. The highest BCUT2D eigenvalue weighted by molar-refractivity contribution is 6.35. The zero-order chi connectivity index (χ0) is 24.4. The van der Waals surface area contributed by atoms with E-state index >= 15 is 0 Å². The monoisotopic (exact) mass is 501 g/mol. The van der Waals surface area contributed by atoms with Gasteiger partial charge < -0.3 is 10.5 Å². The van der Waals surface area contributed by atoms with Gasteiger partial charge in [-0.15, -0.1) is 0 Å². The summed E-state index contributed by atoms with van der Waals surface area (Å²) < 4.78 is 6.91. The second-order valence-corrected chi connectivity index (χ2v) is 8.95. The lowest BCUT2D eigenvalue weighted by atomic mass is 10.0. The first-order valence-corrected chi connectivity index (χ1v) is 11.6. The Hall–Kier alpha value is -3.07. The molecule has 1 unspecified atom stereocenters. The molecule has 1 fully saturated rings. The third kappa shape index (κ3) is 4.75. The summed E-state index contributed by atoms with van der Waals surface area (Å²) in [7, 11) is 1.60. The van der Waals surface area contributed by atoms with Crippen molar-refractivity contribution >= 4 is 35.0 Å². The summed E-state index contributed by atoms with van der Waals surface area (Å²) in [6, 6.07) is 12.0. The number of nitrogens with two attached hydrogens (primary N) is 1. The molecule has 8 nitrogen and oxygen atoms in total. The van der Waals surface area contributed by atoms with Crippen molar-refractivity contribution in [3.05, 3.63) is 63.8 Å². The number of halogens is 2. The molecule has 0 radical (unpaired) electrons. The molecule has 3 N–H and O–H groups in total. The van der Waals surface area contributed by atoms with Crippen LogP contribution in [0.25, 0.3) is 16.9 Å². The second-order valence-electron chi connectivity index (χ2n) is 8.11. The molecule has 1 aliphatic heterocycles.